The van der Waals surface area contributed by atoms with Gasteiger partial charge in [-0.05, 0) is 18.8 Å². The van der Waals surface area contributed by atoms with Crippen molar-refractivity contribution in [2.24, 2.45) is 5.41 Å². The van der Waals surface area contributed by atoms with Crippen LogP contribution in [0.5, 0.6) is 0 Å². The zero-order valence-electron chi connectivity index (χ0n) is 11.6. The van der Waals surface area contributed by atoms with Gasteiger partial charge >= 0.3 is 5.97 Å². The molecule has 2 rings (SSSR count). The first-order valence-corrected chi connectivity index (χ1v) is 7.44. The molecule has 1 aliphatic rings. The maximum atomic E-state index is 10.6. The summed E-state index contributed by atoms with van der Waals surface area (Å²) in [7, 11) is 0. The third kappa shape index (κ3) is 3.20. The Hall–Kier alpha value is -1.24. The fourth-order valence-corrected chi connectivity index (χ4v) is 3.03. The molecule has 0 amide bonds. The summed E-state index contributed by atoms with van der Waals surface area (Å²) in [6.45, 7) is 9.23. The number of hydrogen-bond acceptors (Lipinski definition) is 5. The van der Waals surface area contributed by atoms with Crippen molar-refractivity contribution in [1.82, 2.24) is 14.8 Å². The van der Waals surface area contributed by atoms with Gasteiger partial charge in [-0.3, -0.25) is 9.36 Å². The molecular weight excluding hydrogens is 264 g/mol. The molecule has 0 aromatic carbocycles. The smallest absolute Gasteiger partial charge is 0.313 e. The molecular formula is C12H20N4O2S. The van der Waals surface area contributed by atoms with Crippen LogP contribution in [0.15, 0.2) is 5.16 Å². The van der Waals surface area contributed by atoms with Crippen molar-refractivity contribution in [1.29, 1.82) is 0 Å². The molecule has 1 N–H and O–H groups in total. The Kier molecular flexibility index (Phi) is 4.03. The number of rotatable bonds is 5. The van der Waals surface area contributed by atoms with E-state index in [1.807, 2.05) is 11.5 Å². The molecule has 0 spiro atoms. The van der Waals surface area contributed by atoms with Gasteiger partial charge in [0.05, 0.1) is 5.75 Å². The van der Waals surface area contributed by atoms with Gasteiger partial charge in [-0.25, -0.2) is 0 Å². The highest BCUT2D eigenvalue weighted by Gasteiger charge is 2.32. The summed E-state index contributed by atoms with van der Waals surface area (Å²) in [4.78, 5) is 12.9. The highest BCUT2D eigenvalue weighted by atomic mass is 32.2. The lowest BCUT2D eigenvalue weighted by Crippen LogP contribution is -2.25. The van der Waals surface area contributed by atoms with E-state index < -0.39 is 5.97 Å². The van der Waals surface area contributed by atoms with Crippen LogP contribution < -0.4 is 4.90 Å². The van der Waals surface area contributed by atoms with Crippen LogP contribution in [0.1, 0.15) is 27.2 Å². The van der Waals surface area contributed by atoms with Gasteiger partial charge in [0.25, 0.3) is 0 Å². The molecule has 1 aromatic rings. The normalized spacial score (nSPS) is 17.9. The van der Waals surface area contributed by atoms with Crippen molar-refractivity contribution in [3.05, 3.63) is 0 Å². The number of carboxylic acid groups (broad SMARTS) is 1. The highest BCUT2D eigenvalue weighted by molar-refractivity contribution is 7.99. The summed E-state index contributed by atoms with van der Waals surface area (Å²) in [5, 5.41) is 17.8. The van der Waals surface area contributed by atoms with Crippen molar-refractivity contribution in [2.75, 3.05) is 23.7 Å². The van der Waals surface area contributed by atoms with E-state index in [1.54, 1.807) is 0 Å². The van der Waals surface area contributed by atoms with E-state index in [0.29, 0.717) is 10.6 Å². The number of aliphatic carboxylic acids is 1. The third-order valence-corrected chi connectivity index (χ3v) is 4.25. The Labute approximate surface area is 117 Å². The number of anilines is 1. The molecule has 106 valence electrons. The molecule has 1 aromatic heterocycles. The van der Waals surface area contributed by atoms with Gasteiger partial charge in [0.2, 0.25) is 5.95 Å². The minimum Gasteiger partial charge on any atom is -0.481 e. The first kappa shape index (κ1) is 14.2. The molecule has 2 heterocycles. The lowest BCUT2D eigenvalue weighted by molar-refractivity contribution is -0.133. The van der Waals surface area contributed by atoms with Gasteiger partial charge in [0, 0.05) is 19.6 Å². The summed E-state index contributed by atoms with van der Waals surface area (Å²) in [5.74, 6) is 0.0457. The van der Waals surface area contributed by atoms with Crippen LogP contribution in [0.4, 0.5) is 5.95 Å². The largest absolute Gasteiger partial charge is 0.481 e. The Morgan fingerprint density at radius 2 is 2.21 bits per heavy atom. The molecule has 0 aliphatic carbocycles. The lowest BCUT2D eigenvalue weighted by Gasteiger charge is -2.20. The summed E-state index contributed by atoms with van der Waals surface area (Å²) in [6.07, 6.45) is 1.14. The van der Waals surface area contributed by atoms with Crippen LogP contribution in [-0.2, 0) is 11.3 Å². The van der Waals surface area contributed by atoms with E-state index >= 15 is 0 Å². The van der Waals surface area contributed by atoms with E-state index in [2.05, 4.69) is 28.9 Å². The number of carbonyl (C=O) groups is 1. The number of thioether (sulfide) groups is 1. The van der Waals surface area contributed by atoms with Gasteiger partial charge in [-0.1, -0.05) is 25.6 Å². The van der Waals surface area contributed by atoms with Crippen molar-refractivity contribution in [2.45, 2.75) is 38.9 Å². The molecule has 1 fully saturated rings. The predicted octanol–water partition coefficient (Wildman–Crippen LogP) is 1.71. The summed E-state index contributed by atoms with van der Waals surface area (Å²) >= 11 is 1.22. The van der Waals surface area contributed by atoms with E-state index in [-0.39, 0.29) is 5.75 Å². The topological polar surface area (TPSA) is 71.2 Å². The van der Waals surface area contributed by atoms with Gasteiger partial charge < -0.3 is 10.0 Å². The number of nitrogens with zero attached hydrogens (tertiary/aromatic N) is 4. The fraction of sp³-hybridized carbons (Fsp3) is 0.750. The average molecular weight is 284 g/mol. The third-order valence-electron chi connectivity index (χ3n) is 3.30. The first-order valence-electron chi connectivity index (χ1n) is 6.46. The van der Waals surface area contributed by atoms with Crippen LogP contribution >= 0.6 is 11.8 Å². The van der Waals surface area contributed by atoms with Crippen molar-refractivity contribution >= 4 is 23.7 Å². The molecule has 7 heteroatoms. The van der Waals surface area contributed by atoms with E-state index in [0.717, 1.165) is 32.0 Å². The lowest BCUT2D eigenvalue weighted by atomic mass is 9.93. The Morgan fingerprint density at radius 1 is 1.47 bits per heavy atom. The van der Waals surface area contributed by atoms with Crippen LogP contribution in [0, 0.1) is 5.41 Å². The standard InChI is InChI=1S/C12H20N4O2S/c1-4-16-10(15-6-5-12(2,3)8-15)13-14-11(16)19-7-9(17)18/h4-8H2,1-3H3,(H,17,18). The number of aromatic nitrogens is 3. The van der Waals surface area contributed by atoms with Crippen LogP contribution in [0.2, 0.25) is 0 Å². The Morgan fingerprint density at radius 3 is 2.74 bits per heavy atom. The maximum Gasteiger partial charge on any atom is 0.313 e. The van der Waals surface area contributed by atoms with Gasteiger partial charge in [0.1, 0.15) is 0 Å². The van der Waals surface area contributed by atoms with Gasteiger partial charge in [0.15, 0.2) is 5.16 Å². The molecule has 19 heavy (non-hydrogen) atoms. The van der Waals surface area contributed by atoms with Crippen molar-refractivity contribution < 1.29 is 9.90 Å². The van der Waals surface area contributed by atoms with E-state index in [1.165, 1.54) is 11.8 Å². The molecule has 6 nitrogen and oxygen atoms in total. The molecule has 0 saturated carbocycles. The second-order valence-electron chi connectivity index (χ2n) is 5.55. The van der Waals surface area contributed by atoms with E-state index in [4.69, 9.17) is 5.11 Å². The van der Waals surface area contributed by atoms with Crippen molar-refractivity contribution in [3.8, 4) is 0 Å². The molecule has 0 unspecified atom stereocenters. The zero-order valence-corrected chi connectivity index (χ0v) is 12.4. The molecule has 1 aliphatic heterocycles. The highest BCUT2D eigenvalue weighted by Crippen LogP contribution is 2.32. The second-order valence-corrected chi connectivity index (χ2v) is 6.49. The quantitative estimate of drug-likeness (QED) is 0.830. The van der Waals surface area contributed by atoms with E-state index in [9.17, 15) is 4.79 Å². The zero-order chi connectivity index (χ0) is 14.0. The number of carboxylic acids is 1. The second kappa shape index (κ2) is 5.40. The molecule has 0 bridgehead atoms. The maximum absolute atomic E-state index is 10.6. The summed E-state index contributed by atoms with van der Waals surface area (Å²) < 4.78 is 2.00. The summed E-state index contributed by atoms with van der Waals surface area (Å²) in [6, 6.07) is 0. The SMILES string of the molecule is CCn1c(SCC(=O)O)nnc1N1CCC(C)(C)C1. The molecule has 0 atom stereocenters. The van der Waals surface area contributed by atoms with Crippen molar-refractivity contribution in [3.63, 3.8) is 0 Å². The van der Waals surface area contributed by atoms with Crippen LogP contribution in [0.3, 0.4) is 0 Å². The summed E-state index contributed by atoms with van der Waals surface area (Å²) in [5.41, 5.74) is 0.304. The first-order chi connectivity index (χ1) is 8.93. The predicted molar refractivity (Wildman–Crippen MR) is 74.7 cm³/mol. The van der Waals surface area contributed by atoms with Gasteiger partial charge in [-0.15, -0.1) is 10.2 Å². The molecule has 0 radical (unpaired) electrons. The van der Waals surface area contributed by atoms with Gasteiger partial charge in [-0.2, -0.15) is 0 Å². The minimum absolute atomic E-state index is 0.0175. The Bertz CT molecular complexity index is 472. The van der Waals surface area contributed by atoms with Crippen LogP contribution in [-0.4, -0.2) is 44.7 Å². The molecule has 1 saturated heterocycles. The van der Waals surface area contributed by atoms with Crippen LogP contribution in [0.25, 0.3) is 0 Å². The fourth-order valence-electron chi connectivity index (χ4n) is 2.31. The minimum atomic E-state index is -0.834. The number of hydrogen-bond donors (Lipinski definition) is 1. The Balaban J connectivity index is 2.15. The monoisotopic (exact) mass is 284 g/mol. The average Bonchev–Trinajstić information content (AvgIpc) is 2.88.